The molecule has 2 N–H and O–H groups in total. The zero-order valence-electron chi connectivity index (χ0n) is 20.5. The van der Waals surface area contributed by atoms with Crippen LogP contribution in [0.25, 0.3) is 0 Å². The van der Waals surface area contributed by atoms with E-state index in [1.807, 2.05) is 0 Å². The average Bonchev–Trinajstić information content (AvgIpc) is 3.59. The molecule has 7 nitrogen and oxygen atoms in total. The van der Waals surface area contributed by atoms with Crippen molar-refractivity contribution in [2.24, 2.45) is 4.99 Å². The van der Waals surface area contributed by atoms with Crippen molar-refractivity contribution in [3.63, 3.8) is 0 Å². The van der Waals surface area contributed by atoms with Crippen LogP contribution in [0.4, 0.5) is 8.78 Å². The maximum Gasteiger partial charge on any atom is 0.271 e. The predicted octanol–water partition coefficient (Wildman–Crippen LogP) is 2.77. The fourth-order valence-corrected chi connectivity index (χ4v) is 5.06. The highest BCUT2D eigenvalue weighted by Crippen LogP contribution is 2.40. The first-order valence-electron chi connectivity index (χ1n) is 12.3. The largest absolute Gasteiger partial charge is 0.356 e. The van der Waals surface area contributed by atoms with Gasteiger partial charge in [0.2, 0.25) is 0 Å². The Hall–Kier alpha value is -2.62. The number of nitrogens with zero attached hydrogens (tertiary/aromatic N) is 3. The van der Waals surface area contributed by atoms with Gasteiger partial charge in [0.15, 0.2) is 6.23 Å². The minimum Gasteiger partial charge on any atom is -0.356 e. The Kier molecular flexibility index (Phi) is 8.30. The monoisotopic (exact) mass is 487 g/mol. The molecule has 190 valence electrons. The number of carbonyl (C=O) groups excluding carboxylic acids is 1. The van der Waals surface area contributed by atoms with E-state index in [1.54, 1.807) is 13.1 Å². The normalized spacial score (nSPS) is 28.5. The number of ether oxygens (including phenoxy) is 1. The Labute approximate surface area is 205 Å². The molecule has 2 atom stereocenters. The maximum atomic E-state index is 14.1. The first-order chi connectivity index (χ1) is 16.9. The van der Waals surface area contributed by atoms with Gasteiger partial charge in [-0.05, 0) is 50.9 Å². The highest BCUT2D eigenvalue weighted by atomic mass is 19.1. The number of epoxide rings is 1. The summed E-state index contributed by atoms with van der Waals surface area (Å²) in [6.45, 7) is 8.13. The van der Waals surface area contributed by atoms with Crippen molar-refractivity contribution in [2.45, 2.75) is 50.1 Å². The molecule has 1 aromatic rings. The van der Waals surface area contributed by atoms with Crippen LogP contribution in [0.15, 0.2) is 47.6 Å². The molecule has 0 spiro atoms. The molecule has 3 fully saturated rings. The van der Waals surface area contributed by atoms with Gasteiger partial charge in [-0.1, -0.05) is 18.7 Å². The number of hydrogen-bond donors (Lipinski definition) is 2. The van der Waals surface area contributed by atoms with Crippen LogP contribution in [0, 0.1) is 11.6 Å². The fourth-order valence-electron chi connectivity index (χ4n) is 5.06. The van der Waals surface area contributed by atoms with E-state index < -0.39 is 24.0 Å². The van der Waals surface area contributed by atoms with Gasteiger partial charge >= 0.3 is 0 Å². The standard InChI is InChI=1S/C26H35F2N5O2/c1-4-6-21(31-26-24(35-26)22-19(27)7-5-8-20(22)28)23(29-2)25(34)30-17-9-11-18(12-10-17)33-15-13-32(3)14-16-33/h4-8,17-18,24,26,31H,1,9-16H2,2-3H3,(H,30,34)/b21-6+,29-23?. The highest BCUT2D eigenvalue weighted by Gasteiger charge is 2.44. The van der Waals surface area contributed by atoms with E-state index in [9.17, 15) is 13.6 Å². The minimum atomic E-state index is -0.782. The summed E-state index contributed by atoms with van der Waals surface area (Å²) in [7, 11) is 3.70. The summed E-state index contributed by atoms with van der Waals surface area (Å²) in [5, 5.41) is 6.17. The number of hydrogen-bond acceptors (Lipinski definition) is 6. The summed E-state index contributed by atoms with van der Waals surface area (Å²) < 4.78 is 33.7. The van der Waals surface area contributed by atoms with Crippen molar-refractivity contribution >= 4 is 11.6 Å². The van der Waals surface area contributed by atoms with Crippen LogP contribution in [0.3, 0.4) is 0 Å². The Morgan fingerprint density at radius 1 is 1.11 bits per heavy atom. The molecule has 2 heterocycles. The van der Waals surface area contributed by atoms with Crippen molar-refractivity contribution < 1.29 is 18.3 Å². The van der Waals surface area contributed by atoms with Crippen LogP contribution in [-0.2, 0) is 9.53 Å². The summed E-state index contributed by atoms with van der Waals surface area (Å²) in [5.74, 6) is -1.61. The van der Waals surface area contributed by atoms with Gasteiger partial charge < -0.3 is 20.3 Å². The fraction of sp³-hybridized carbons (Fsp3) is 0.538. The number of allylic oxidation sites excluding steroid dienone is 2. The SMILES string of the molecule is C=C/C=C(/NC1OC1c1c(F)cccc1F)C(=NC)C(=O)NC1CCC(N2CCN(C)CC2)CC1. The van der Waals surface area contributed by atoms with Crippen LogP contribution < -0.4 is 10.6 Å². The predicted molar refractivity (Wildman–Crippen MR) is 132 cm³/mol. The molecule has 2 saturated heterocycles. The van der Waals surface area contributed by atoms with Crippen LogP contribution in [0.2, 0.25) is 0 Å². The number of amides is 1. The molecule has 0 aromatic heterocycles. The Balaban J connectivity index is 1.32. The Bertz CT molecular complexity index is 962. The quantitative estimate of drug-likeness (QED) is 0.335. The van der Waals surface area contributed by atoms with E-state index in [-0.39, 0.29) is 23.2 Å². The molecular formula is C26H35F2N5O2. The second kappa shape index (κ2) is 11.4. The van der Waals surface area contributed by atoms with Gasteiger partial charge in [-0.25, -0.2) is 8.78 Å². The number of nitrogens with one attached hydrogen (secondary N) is 2. The third-order valence-corrected chi connectivity index (χ3v) is 7.14. The van der Waals surface area contributed by atoms with E-state index in [0.717, 1.165) is 51.9 Å². The van der Waals surface area contributed by atoms with Crippen molar-refractivity contribution in [2.75, 3.05) is 40.3 Å². The van der Waals surface area contributed by atoms with Crippen LogP contribution in [0.1, 0.15) is 37.4 Å². The van der Waals surface area contributed by atoms with Gasteiger partial charge in [0.25, 0.3) is 5.91 Å². The maximum absolute atomic E-state index is 14.1. The van der Waals surface area contributed by atoms with Crippen molar-refractivity contribution in [1.29, 1.82) is 0 Å². The number of benzene rings is 1. The summed E-state index contributed by atoms with van der Waals surface area (Å²) in [5.41, 5.74) is 0.476. The second-order valence-electron chi connectivity index (χ2n) is 9.46. The Morgan fingerprint density at radius 2 is 1.77 bits per heavy atom. The van der Waals surface area contributed by atoms with Gasteiger partial charge in [0, 0.05) is 45.3 Å². The molecular weight excluding hydrogens is 452 g/mol. The first-order valence-corrected chi connectivity index (χ1v) is 12.3. The smallest absolute Gasteiger partial charge is 0.271 e. The van der Waals surface area contributed by atoms with E-state index >= 15 is 0 Å². The van der Waals surface area contributed by atoms with Crippen molar-refractivity contribution in [1.82, 2.24) is 20.4 Å². The van der Waals surface area contributed by atoms with Gasteiger partial charge in [0.1, 0.15) is 23.5 Å². The number of likely N-dealkylation sites (N-methyl/N-ethyl adjacent to an activating group) is 1. The lowest BCUT2D eigenvalue weighted by atomic mass is 9.89. The number of rotatable bonds is 8. The van der Waals surface area contributed by atoms with Gasteiger partial charge in [-0.2, -0.15) is 0 Å². The topological polar surface area (TPSA) is 72.5 Å². The highest BCUT2D eigenvalue weighted by molar-refractivity contribution is 6.45. The summed E-state index contributed by atoms with van der Waals surface area (Å²) in [4.78, 5) is 22.2. The van der Waals surface area contributed by atoms with E-state index in [4.69, 9.17) is 4.74 Å². The van der Waals surface area contributed by atoms with Gasteiger partial charge in [-0.3, -0.25) is 14.7 Å². The lowest BCUT2D eigenvalue weighted by Crippen LogP contribution is -2.51. The molecule has 35 heavy (non-hydrogen) atoms. The van der Waals surface area contributed by atoms with E-state index in [2.05, 4.69) is 39.1 Å². The zero-order valence-corrected chi connectivity index (χ0v) is 20.5. The average molecular weight is 488 g/mol. The van der Waals surface area contributed by atoms with Crippen LogP contribution in [0.5, 0.6) is 0 Å². The van der Waals surface area contributed by atoms with Crippen molar-refractivity contribution in [3.8, 4) is 0 Å². The molecule has 4 rings (SSSR count). The number of piperazine rings is 1. The molecule has 1 amide bonds. The molecule has 2 unspecified atom stereocenters. The van der Waals surface area contributed by atoms with Gasteiger partial charge in [-0.15, -0.1) is 0 Å². The Morgan fingerprint density at radius 3 is 2.37 bits per heavy atom. The molecule has 0 radical (unpaired) electrons. The number of aliphatic imine (C=N–C) groups is 1. The number of halogens is 2. The van der Waals surface area contributed by atoms with E-state index in [0.29, 0.717) is 11.7 Å². The summed E-state index contributed by atoms with van der Waals surface area (Å²) in [6.07, 6.45) is 5.67. The molecule has 3 aliphatic rings. The molecule has 0 bridgehead atoms. The van der Waals surface area contributed by atoms with Crippen molar-refractivity contribution in [3.05, 3.63) is 59.8 Å². The third-order valence-electron chi connectivity index (χ3n) is 7.14. The zero-order chi connectivity index (χ0) is 24.9. The summed E-state index contributed by atoms with van der Waals surface area (Å²) >= 11 is 0. The second-order valence-corrected chi connectivity index (χ2v) is 9.46. The van der Waals surface area contributed by atoms with Crippen LogP contribution >= 0.6 is 0 Å². The van der Waals surface area contributed by atoms with E-state index in [1.165, 1.54) is 24.3 Å². The molecule has 1 saturated carbocycles. The lowest BCUT2D eigenvalue weighted by molar-refractivity contribution is -0.115. The number of carbonyl (C=O) groups is 1. The first kappa shape index (κ1) is 25.5. The molecule has 9 heteroatoms. The molecule has 1 aromatic carbocycles. The van der Waals surface area contributed by atoms with Crippen LogP contribution in [-0.4, -0.2) is 80.0 Å². The summed E-state index contributed by atoms with van der Waals surface area (Å²) in [6, 6.07) is 4.37. The third kappa shape index (κ3) is 6.15. The molecule has 2 aliphatic heterocycles. The molecule has 1 aliphatic carbocycles. The van der Waals surface area contributed by atoms with Gasteiger partial charge in [0.05, 0.1) is 11.3 Å². The minimum absolute atomic E-state index is 0.0883. The lowest BCUT2D eigenvalue weighted by Gasteiger charge is -2.41.